The molecular weight excluding hydrogens is 302 g/mol. The van der Waals surface area contributed by atoms with Crippen molar-refractivity contribution in [2.24, 2.45) is 0 Å². The normalized spacial score (nSPS) is 13.9. The lowest BCUT2D eigenvalue weighted by Gasteiger charge is -2.09. The molecule has 2 aromatic rings. The van der Waals surface area contributed by atoms with E-state index in [1.54, 1.807) is 0 Å². The summed E-state index contributed by atoms with van der Waals surface area (Å²) in [5, 5.41) is 3.35. The van der Waals surface area contributed by atoms with Crippen molar-refractivity contribution in [1.82, 2.24) is 5.32 Å². The Hall–Kier alpha value is -0.770. The van der Waals surface area contributed by atoms with Crippen LogP contribution in [-0.4, -0.2) is 6.54 Å². The molecule has 0 spiro atoms. The van der Waals surface area contributed by atoms with Gasteiger partial charge in [-0.05, 0) is 18.2 Å². The van der Waals surface area contributed by atoms with Gasteiger partial charge in [0.2, 0.25) is 0 Å². The summed E-state index contributed by atoms with van der Waals surface area (Å²) in [5.41, 5.74) is 2.43. The molecule has 2 nitrogen and oxygen atoms in total. The molecule has 1 aromatic heterocycles. The second-order valence-electron chi connectivity index (χ2n) is 3.99. The van der Waals surface area contributed by atoms with E-state index in [9.17, 15) is 0 Å². The van der Waals surface area contributed by atoms with Crippen molar-refractivity contribution in [3.05, 3.63) is 46.1 Å². The molecule has 0 bridgehead atoms. The molecule has 0 unspecified atom stereocenters. The Kier molecular flexibility index (Phi) is 3.92. The van der Waals surface area contributed by atoms with Gasteiger partial charge in [0.25, 0.3) is 0 Å². The summed E-state index contributed by atoms with van der Waals surface area (Å²) in [6.45, 7) is 1.94. The summed E-state index contributed by atoms with van der Waals surface area (Å²) >= 11 is 3.43. The Balaban J connectivity index is 0.00000108. The molecule has 90 valence electrons. The average molecular weight is 315 g/mol. The lowest BCUT2D eigenvalue weighted by atomic mass is 10.1. The van der Waals surface area contributed by atoms with Crippen LogP contribution in [0.5, 0.6) is 0 Å². The third-order valence-corrected chi connectivity index (χ3v) is 3.40. The van der Waals surface area contributed by atoms with Crippen LogP contribution in [-0.2, 0) is 13.0 Å². The van der Waals surface area contributed by atoms with Gasteiger partial charge in [0, 0.05) is 35.1 Å². The quantitative estimate of drug-likeness (QED) is 0.866. The highest BCUT2D eigenvalue weighted by atomic mass is 79.9. The monoisotopic (exact) mass is 313 g/mol. The third kappa shape index (κ3) is 2.57. The van der Waals surface area contributed by atoms with Crippen LogP contribution >= 0.6 is 28.3 Å². The maximum atomic E-state index is 5.88. The molecule has 4 heteroatoms. The molecule has 3 rings (SSSR count). The fourth-order valence-corrected chi connectivity index (χ4v) is 2.27. The predicted octanol–water partition coefficient (Wildman–Crippen LogP) is 3.78. The molecule has 2 heterocycles. The maximum Gasteiger partial charge on any atom is 0.134 e. The minimum absolute atomic E-state index is 0. The Morgan fingerprint density at radius 1 is 1.18 bits per heavy atom. The summed E-state index contributed by atoms with van der Waals surface area (Å²) in [7, 11) is 0. The van der Waals surface area contributed by atoms with Crippen molar-refractivity contribution >= 4 is 28.3 Å². The van der Waals surface area contributed by atoms with Crippen LogP contribution in [0.1, 0.15) is 11.3 Å². The number of nitrogens with one attached hydrogen (secondary N) is 1. The fourth-order valence-electron chi connectivity index (χ4n) is 2.01. The van der Waals surface area contributed by atoms with E-state index in [4.69, 9.17) is 4.42 Å². The highest BCUT2D eigenvalue weighted by Gasteiger charge is 2.15. The largest absolute Gasteiger partial charge is 0.461 e. The maximum absolute atomic E-state index is 5.88. The summed E-state index contributed by atoms with van der Waals surface area (Å²) in [4.78, 5) is 0. The summed E-state index contributed by atoms with van der Waals surface area (Å²) in [6, 6.07) is 10.4. The van der Waals surface area contributed by atoms with Crippen molar-refractivity contribution in [1.29, 1.82) is 0 Å². The van der Waals surface area contributed by atoms with Gasteiger partial charge in [-0.2, -0.15) is 0 Å². The second kappa shape index (κ2) is 5.25. The zero-order valence-corrected chi connectivity index (χ0v) is 11.6. The second-order valence-corrected chi connectivity index (χ2v) is 4.91. The number of benzene rings is 1. The van der Waals surface area contributed by atoms with Crippen LogP contribution in [0.4, 0.5) is 0 Å². The minimum atomic E-state index is 0. The standard InChI is InChI=1S/C13H12BrNO.ClH/c14-11-3-1-9(2-4-11)13-7-10-8-15-6-5-12(10)16-13;/h1-4,7,15H,5-6,8H2;1H. The molecule has 0 atom stereocenters. The average Bonchev–Trinajstić information content (AvgIpc) is 2.73. The van der Waals surface area contributed by atoms with Gasteiger partial charge >= 0.3 is 0 Å². The first-order valence-electron chi connectivity index (χ1n) is 5.41. The number of hydrogen-bond acceptors (Lipinski definition) is 2. The van der Waals surface area contributed by atoms with E-state index < -0.39 is 0 Å². The first-order valence-corrected chi connectivity index (χ1v) is 6.20. The van der Waals surface area contributed by atoms with Gasteiger partial charge in [-0.1, -0.05) is 28.1 Å². The number of furan rings is 1. The molecule has 0 aliphatic carbocycles. The topological polar surface area (TPSA) is 25.2 Å². The van der Waals surface area contributed by atoms with E-state index in [-0.39, 0.29) is 12.4 Å². The number of fused-ring (bicyclic) bond motifs is 1. The van der Waals surface area contributed by atoms with E-state index in [2.05, 4.69) is 39.4 Å². The van der Waals surface area contributed by atoms with Crippen molar-refractivity contribution in [3.8, 4) is 11.3 Å². The Labute approximate surface area is 115 Å². The fraction of sp³-hybridized carbons (Fsp3) is 0.231. The molecule has 1 aliphatic rings. The number of halogens is 2. The SMILES string of the molecule is Brc1ccc(-c2cc3c(o2)CCNC3)cc1.Cl. The Bertz CT molecular complexity index is 483. The van der Waals surface area contributed by atoms with E-state index in [1.165, 1.54) is 5.56 Å². The zero-order valence-electron chi connectivity index (χ0n) is 9.20. The van der Waals surface area contributed by atoms with E-state index in [0.29, 0.717) is 0 Å². The summed E-state index contributed by atoms with van der Waals surface area (Å²) in [5.74, 6) is 2.11. The van der Waals surface area contributed by atoms with Gasteiger partial charge in [0.05, 0.1) is 0 Å². The number of hydrogen-bond donors (Lipinski definition) is 1. The Morgan fingerprint density at radius 3 is 2.65 bits per heavy atom. The van der Waals surface area contributed by atoms with Crippen LogP contribution < -0.4 is 5.32 Å². The van der Waals surface area contributed by atoms with Gasteiger partial charge in [0.15, 0.2) is 0 Å². The van der Waals surface area contributed by atoms with Crippen LogP contribution in [0.2, 0.25) is 0 Å². The van der Waals surface area contributed by atoms with Gasteiger partial charge in [-0.25, -0.2) is 0 Å². The van der Waals surface area contributed by atoms with Crippen LogP contribution in [0, 0.1) is 0 Å². The van der Waals surface area contributed by atoms with Gasteiger partial charge in [0.1, 0.15) is 11.5 Å². The van der Waals surface area contributed by atoms with E-state index in [0.717, 1.165) is 41.1 Å². The zero-order chi connectivity index (χ0) is 11.0. The third-order valence-electron chi connectivity index (χ3n) is 2.87. The highest BCUT2D eigenvalue weighted by Crippen LogP contribution is 2.28. The molecule has 1 aromatic carbocycles. The molecule has 1 N–H and O–H groups in total. The molecule has 0 radical (unpaired) electrons. The van der Waals surface area contributed by atoms with Gasteiger partial charge in [-0.3, -0.25) is 0 Å². The molecule has 0 saturated carbocycles. The van der Waals surface area contributed by atoms with E-state index in [1.807, 2.05) is 12.1 Å². The first kappa shape index (κ1) is 12.7. The molecule has 0 fully saturated rings. The Morgan fingerprint density at radius 2 is 1.94 bits per heavy atom. The van der Waals surface area contributed by atoms with Gasteiger partial charge in [-0.15, -0.1) is 12.4 Å². The molecule has 17 heavy (non-hydrogen) atoms. The highest BCUT2D eigenvalue weighted by molar-refractivity contribution is 9.10. The summed E-state index contributed by atoms with van der Waals surface area (Å²) in [6.07, 6.45) is 0.992. The minimum Gasteiger partial charge on any atom is -0.461 e. The van der Waals surface area contributed by atoms with Gasteiger partial charge < -0.3 is 9.73 Å². The van der Waals surface area contributed by atoms with Crippen molar-refractivity contribution in [2.75, 3.05) is 6.54 Å². The summed E-state index contributed by atoms with van der Waals surface area (Å²) < 4.78 is 6.97. The number of rotatable bonds is 1. The molecular formula is C13H13BrClNO. The molecule has 0 saturated heterocycles. The van der Waals surface area contributed by atoms with Crippen molar-refractivity contribution in [2.45, 2.75) is 13.0 Å². The molecule has 0 amide bonds. The molecule has 1 aliphatic heterocycles. The van der Waals surface area contributed by atoms with Crippen molar-refractivity contribution in [3.63, 3.8) is 0 Å². The predicted molar refractivity (Wildman–Crippen MR) is 74.5 cm³/mol. The van der Waals surface area contributed by atoms with Crippen LogP contribution in [0.25, 0.3) is 11.3 Å². The van der Waals surface area contributed by atoms with Crippen LogP contribution in [0.3, 0.4) is 0 Å². The van der Waals surface area contributed by atoms with E-state index >= 15 is 0 Å². The lowest BCUT2D eigenvalue weighted by molar-refractivity contribution is 0.484. The van der Waals surface area contributed by atoms with Crippen LogP contribution in [0.15, 0.2) is 39.2 Å². The first-order chi connectivity index (χ1) is 7.83. The smallest absolute Gasteiger partial charge is 0.134 e. The lowest BCUT2D eigenvalue weighted by Crippen LogP contribution is -2.22. The van der Waals surface area contributed by atoms with Crippen molar-refractivity contribution < 1.29 is 4.42 Å².